The summed E-state index contributed by atoms with van der Waals surface area (Å²) in [5, 5.41) is 0. The Labute approximate surface area is 174 Å². The van der Waals surface area contributed by atoms with E-state index < -0.39 is 0 Å². The molecule has 30 heavy (non-hydrogen) atoms. The average molecular weight is 403 g/mol. The molecule has 1 aliphatic heterocycles. The summed E-state index contributed by atoms with van der Waals surface area (Å²) < 4.78 is 10.9. The van der Waals surface area contributed by atoms with E-state index in [1.54, 1.807) is 48.5 Å². The summed E-state index contributed by atoms with van der Waals surface area (Å²) in [7, 11) is 1.54. The molecule has 3 aliphatic rings. The van der Waals surface area contributed by atoms with E-state index in [9.17, 15) is 14.4 Å². The van der Waals surface area contributed by atoms with Crippen LogP contribution in [0.2, 0.25) is 0 Å². The van der Waals surface area contributed by atoms with Gasteiger partial charge in [-0.2, -0.15) is 0 Å². The van der Waals surface area contributed by atoms with Crippen LogP contribution in [0.25, 0.3) is 0 Å². The monoisotopic (exact) mass is 403 g/mol. The third-order valence-electron chi connectivity index (χ3n) is 6.33. The number of hydrogen-bond donors (Lipinski definition) is 0. The Morgan fingerprint density at radius 3 is 2.40 bits per heavy atom. The first-order valence-corrected chi connectivity index (χ1v) is 10.0. The summed E-state index contributed by atoms with van der Waals surface area (Å²) in [6.07, 6.45) is 5.01. The van der Waals surface area contributed by atoms with Crippen molar-refractivity contribution in [1.82, 2.24) is 0 Å². The summed E-state index contributed by atoms with van der Waals surface area (Å²) in [5.74, 6) is 0.0993. The number of anilines is 1. The van der Waals surface area contributed by atoms with Gasteiger partial charge >= 0.3 is 0 Å². The number of rotatable bonds is 6. The number of methoxy groups -OCH3 is 1. The highest BCUT2D eigenvalue weighted by Crippen LogP contribution is 2.53. The molecule has 0 N–H and O–H groups in total. The molecule has 2 fully saturated rings. The smallest absolute Gasteiger partial charge is 0.238 e. The number of carbonyl (C=O) groups is 3. The van der Waals surface area contributed by atoms with Crippen molar-refractivity contribution in [3.63, 3.8) is 0 Å². The van der Waals surface area contributed by atoms with Gasteiger partial charge in [-0.1, -0.05) is 36.4 Å². The number of para-hydroxylation sites is 2. The molecular formula is C24H21NO5. The lowest BCUT2D eigenvalue weighted by Gasteiger charge is -2.20. The van der Waals surface area contributed by atoms with Crippen LogP contribution in [-0.4, -0.2) is 31.3 Å². The molecule has 1 saturated carbocycles. The van der Waals surface area contributed by atoms with E-state index in [1.165, 1.54) is 12.0 Å². The van der Waals surface area contributed by atoms with Crippen molar-refractivity contribution in [2.75, 3.05) is 18.6 Å². The van der Waals surface area contributed by atoms with Crippen LogP contribution >= 0.6 is 0 Å². The fraction of sp³-hybridized carbons (Fsp3) is 0.292. The van der Waals surface area contributed by atoms with Gasteiger partial charge in [-0.3, -0.25) is 14.4 Å². The number of allylic oxidation sites excluding steroid dienone is 2. The minimum absolute atomic E-state index is 0.143. The molecule has 2 aliphatic carbocycles. The molecule has 2 bridgehead atoms. The molecule has 0 unspecified atom stereocenters. The number of ketones is 1. The number of imide groups is 1. The summed E-state index contributed by atoms with van der Waals surface area (Å²) in [4.78, 5) is 40.0. The summed E-state index contributed by atoms with van der Waals surface area (Å²) in [6.45, 7) is -0.208. The lowest BCUT2D eigenvalue weighted by atomic mass is 9.85. The largest absolute Gasteiger partial charge is 0.497 e. The zero-order chi connectivity index (χ0) is 20.8. The number of amides is 2. The van der Waals surface area contributed by atoms with E-state index in [0.717, 1.165) is 6.42 Å². The molecule has 0 spiro atoms. The average Bonchev–Trinajstić information content (AvgIpc) is 3.46. The molecule has 2 aromatic carbocycles. The van der Waals surface area contributed by atoms with Crippen molar-refractivity contribution in [2.24, 2.45) is 23.7 Å². The molecule has 4 atom stereocenters. The van der Waals surface area contributed by atoms with E-state index >= 15 is 0 Å². The van der Waals surface area contributed by atoms with E-state index in [0.29, 0.717) is 22.7 Å². The van der Waals surface area contributed by atoms with Gasteiger partial charge in [0.25, 0.3) is 0 Å². The van der Waals surface area contributed by atoms with Gasteiger partial charge < -0.3 is 9.47 Å². The van der Waals surface area contributed by atoms with Gasteiger partial charge in [0.1, 0.15) is 11.5 Å². The molecule has 0 radical (unpaired) electrons. The van der Waals surface area contributed by atoms with Crippen LogP contribution in [0, 0.1) is 23.7 Å². The minimum atomic E-state index is -0.279. The van der Waals surface area contributed by atoms with Gasteiger partial charge in [0, 0.05) is 5.56 Å². The van der Waals surface area contributed by atoms with Crippen LogP contribution in [0.3, 0.4) is 0 Å². The first-order valence-electron chi connectivity index (χ1n) is 10.0. The Bertz CT molecular complexity index is 1040. The molecule has 1 heterocycles. The number of Topliss-reactive ketones (excluding diaryl/α,β-unsaturated/α-hetero) is 1. The van der Waals surface area contributed by atoms with Crippen LogP contribution in [0.15, 0.2) is 60.7 Å². The van der Waals surface area contributed by atoms with Crippen molar-refractivity contribution < 1.29 is 23.9 Å². The molecule has 6 nitrogen and oxygen atoms in total. The van der Waals surface area contributed by atoms with Crippen molar-refractivity contribution >= 4 is 23.3 Å². The second-order valence-corrected chi connectivity index (χ2v) is 7.92. The number of nitrogens with zero attached hydrogens (tertiary/aromatic N) is 1. The first-order chi connectivity index (χ1) is 14.6. The fourth-order valence-electron chi connectivity index (χ4n) is 4.93. The minimum Gasteiger partial charge on any atom is -0.497 e. The van der Waals surface area contributed by atoms with Gasteiger partial charge in [0.05, 0.1) is 24.6 Å². The highest BCUT2D eigenvalue weighted by molar-refractivity contribution is 6.23. The van der Waals surface area contributed by atoms with Gasteiger partial charge in [0.15, 0.2) is 12.4 Å². The Morgan fingerprint density at radius 1 is 1.00 bits per heavy atom. The number of hydrogen-bond acceptors (Lipinski definition) is 5. The summed E-state index contributed by atoms with van der Waals surface area (Å²) in [6, 6.07) is 13.7. The van der Waals surface area contributed by atoms with Gasteiger partial charge in [-0.25, -0.2) is 4.90 Å². The normalized spacial score (nSPS) is 26.2. The van der Waals surface area contributed by atoms with Gasteiger partial charge in [-0.15, -0.1) is 0 Å². The van der Waals surface area contributed by atoms with Crippen molar-refractivity contribution in [3.05, 3.63) is 66.2 Å². The predicted octanol–water partition coefficient (Wildman–Crippen LogP) is 3.27. The summed E-state index contributed by atoms with van der Waals surface area (Å²) in [5.41, 5.74) is 0.872. The van der Waals surface area contributed by atoms with Crippen molar-refractivity contribution in [1.29, 1.82) is 0 Å². The van der Waals surface area contributed by atoms with Crippen LogP contribution in [0.1, 0.15) is 16.8 Å². The molecule has 152 valence electrons. The maximum Gasteiger partial charge on any atom is 0.238 e. The van der Waals surface area contributed by atoms with E-state index in [4.69, 9.17) is 9.47 Å². The van der Waals surface area contributed by atoms with Gasteiger partial charge in [-0.05, 0) is 42.5 Å². The quantitative estimate of drug-likeness (QED) is 0.421. The number of ether oxygens (including phenoxy) is 2. The van der Waals surface area contributed by atoms with E-state index in [-0.39, 0.29) is 47.9 Å². The second-order valence-electron chi connectivity index (χ2n) is 7.92. The van der Waals surface area contributed by atoms with Crippen LogP contribution in [0.5, 0.6) is 11.5 Å². The lowest BCUT2D eigenvalue weighted by Crippen LogP contribution is -2.33. The van der Waals surface area contributed by atoms with Crippen LogP contribution in [0.4, 0.5) is 5.69 Å². The van der Waals surface area contributed by atoms with Crippen molar-refractivity contribution in [2.45, 2.75) is 6.42 Å². The molecule has 6 heteroatoms. The zero-order valence-corrected chi connectivity index (χ0v) is 16.5. The molecule has 2 aromatic rings. The number of fused-ring (bicyclic) bond motifs is 5. The predicted molar refractivity (Wildman–Crippen MR) is 109 cm³/mol. The van der Waals surface area contributed by atoms with Crippen LogP contribution in [-0.2, 0) is 9.59 Å². The summed E-state index contributed by atoms with van der Waals surface area (Å²) >= 11 is 0. The highest BCUT2D eigenvalue weighted by atomic mass is 16.5. The Kier molecular flexibility index (Phi) is 4.42. The highest BCUT2D eigenvalue weighted by Gasteiger charge is 2.59. The topological polar surface area (TPSA) is 72.9 Å². The maximum atomic E-state index is 13.1. The zero-order valence-electron chi connectivity index (χ0n) is 16.5. The number of benzene rings is 2. The molecule has 5 rings (SSSR count). The maximum absolute atomic E-state index is 13.1. The van der Waals surface area contributed by atoms with Crippen molar-refractivity contribution in [3.8, 4) is 11.5 Å². The molecule has 2 amide bonds. The SMILES string of the molecule is COc1cccc(C(=O)COc2ccccc2N2C(=O)[C@@H]3[C@H](C2=O)[C@@H]2C=C[C@H]3C2)c1. The van der Waals surface area contributed by atoms with Gasteiger partial charge in [0.2, 0.25) is 11.8 Å². The van der Waals surface area contributed by atoms with E-state index in [2.05, 4.69) is 12.2 Å². The third-order valence-corrected chi connectivity index (χ3v) is 6.33. The first kappa shape index (κ1) is 18.6. The second kappa shape index (κ2) is 7.13. The molecular weight excluding hydrogens is 382 g/mol. The Morgan fingerprint density at radius 2 is 1.70 bits per heavy atom. The Hall–Kier alpha value is -3.41. The third kappa shape index (κ3) is 2.83. The molecule has 0 aromatic heterocycles. The molecule has 1 saturated heterocycles. The lowest BCUT2D eigenvalue weighted by molar-refractivity contribution is -0.123. The van der Waals surface area contributed by atoms with E-state index in [1.807, 2.05) is 0 Å². The Balaban J connectivity index is 1.37. The standard InChI is InChI=1S/C24H21NO5/c1-29-17-6-4-5-14(12-17)19(26)13-30-20-8-3-2-7-18(20)25-23(27)21-15-9-10-16(11-15)22(21)24(25)28/h2-10,12,15-16,21-22H,11,13H2,1H3/t15-,16+,21-,22+. The number of carbonyl (C=O) groups excluding carboxylic acids is 3. The van der Waals surface area contributed by atoms with Crippen LogP contribution < -0.4 is 14.4 Å². The fourth-order valence-corrected chi connectivity index (χ4v) is 4.93.